The third-order valence-corrected chi connectivity index (χ3v) is 2.76. The van der Waals surface area contributed by atoms with Crippen molar-refractivity contribution in [3.8, 4) is 0 Å². The fraction of sp³-hybridized carbons (Fsp3) is 0.143. The number of benzene rings is 1. The summed E-state index contributed by atoms with van der Waals surface area (Å²) in [7, 11) is 0. The first-order valence-corrected chi connectivity index (χ1v) is 5.63. The second kappa shape index (κ2) is 5.03. The van der Waals surface area contributed by atoms with Gasteiger partial charge in [0.2, 0.25) is 5.78 Å². The van der Waals surface area contributed by atoms with E-state index in [1.54, 1.807) is 6.92 Å². The molecule has 1 heterocycles. The van der Waals surface area contributed by atoms with Crippen LogP contribution in [0.5, 0.6) is 0 Å². The quantitative estimate of drug-likeness (QED) is 0.620. The summed E-state index contributed by atoms with van der Waals surface area (Å²) in [4.78, 5) is 15.4. The topological polar surface area (TPSA) is 30.0 Å². The Bertz CT molecular complexity index is 647. The average Bonchev–Trinajstić information content (AvgIpc) is 2.40. The Morgan fingerprint density at radius 2 is 1.85 bits per heavy atom. The number of hydrogen-bond acceptors (Lipinski definition) is 2. The predicted molar refractivity (Wildman–Crippen MR) is 63.8 cm³/mol. The van der Waals surface area contributed by atoms with E-state index in [1.807, 2.05) is 0 Å². The van der Waals surface area contributed by atoms with E-state index in [-0.39, 0.29) is 11.3 Å². The lowest BCUT2D eigenvalue weighted by atomic mass is 10.1. The fourth-order valence-electron chi connectivity index (χ4n) is 1.58. The number of rotatable bonds is 2. The fourth-order valence-corrected chi connectivity index (χ4v) is 1.58. The third-order valence-electron chi connectivity index (χ3n) is 2.76. The number of carbonyl (C=O) groups excluding carboxylic acids is 1. The minimum Gasteiger partial charge on any atom is -0.287 e. The van der Waals surface area contributed by atoms with Gasteiger partial charge in [0.05, 0.1) is 5.56 Å². The van der Waals surface area contributed by atoms with E-state index in [4.69, 9.17) is 0 Å². The molecule has 1 aromatic heterocycles. The number of carbonyl (C=O) groups is 1. The van der Waals surface area contributed by atoms with E-state index in [2.05, 4.69) is 4.98 Å². The van der Waals surface area contributed by atoms with Crippen LogP contribution in [0.2, 0.25) is 0 Å². The Kier molecular flexibility index (Phi) is 3.57. The molecule has 0 aliphatic carbocycles. The van der Waals surface area contributed by atoms with Crippen molar-refractivity contribution in [2.45, 2.75) is 13.1 Å². The molecule has 0 amide bonds. The van der Waals surface area contributed by atoms with Crippen LogP contribution in [0.1, 0.15) is 27.2 Å². The van der Waals surface area contributed by atoms with Crippen LogP contribution in [0.4, 0.5) is 17.6 Å². The molecule has 0 atom stereocenters. The number of aryl methyl sites for hydroxylation is 1. The van der Waals surface area contributed by atoms with Gasteiger partial charge in [0.1, 0.15) is 11.5 Å². The summed E-state index contributed by atoms with van der Waals surface area (Å²) in [6.07, 6.45) is -3.93. The second-order valence-electron chi connectivity index (χ2n) is 4.22. The molecule has 104 valence electrons. The molecule has 0 radical (unpaired) electrons. The number of ketones is 1. The molecule has 0 aliphatic heterocycles. The highest BCUT2D eigenvalue weighted by atomic mass is 19.4. The van der Waals surface area contributed by atoms with Crippen LogP contribution in [-0.4, -0.2) is 10.8 Å². The van der Waals surface area contributed by atoms with Crippen molar-refractivity contribution in [3.05, 3.63) is 64.7 Å². The lowest BCUT2D eigenvalue weighted by Crippen LogP contribution is -2.09. The van der Waals surface area contributed by atoms with Gasteiger partial charge in [0, 0.05) is 11.8 Å². The highest BCUT2D eigenvalue weighted by molar-refractivity contribution is 6.07. The summed E-state index contributed by atoms with van der Waals surface area (Å²) in [5.41, 5.74) is -0.687. The molecular formula is C14H9F4NO. The maximum atomic E-state index is 13.4. The summed E-state index contributed by atoms with van der Waals surface area (Å²) in [5, 5.41) is 0. The summed E-state index contributed by atoms with van der Waals surface area (Å²) < 4.78 is 50.5. The van der Waals surface area contributed by atoms with E-state index in [0.29, 0.717) is 11.8 Å². The van der Waals surface area contributed by atoms with Crippen LogP contribution in [0.15, 0.2) is 36.5 Å². The first-order chi connectivity index (χ1) is 9.29. The Balaban J connectivity index is 2.31. The molecule has 2 rings (SSSR count). The molecule has 0 aliphatic rings. The largest absolute Gasteiger partial charge is 0.417 e. The summed E-state index contributed by atoms with van der Waals surface area (Å²) >= 11 is 0. The lowest BCUT2D eigenvalue weighted by Gasteiger charge is -2.07. The van der Waals surface area contributed by atoms with Gasteiger partial charge in [-0.05, 0) is 30.7 Å². The molecule has 0 spiro atoms. The molecular weight excluding hydrogens is 274 g/mol. The van der Waals surface area contributed by atoms with Crippen molar-refractivity contribution in [2.24, 2.45) is 0 Å². The zero-order valence-corrected chi connectivity index (χ0v) is 10.3. The van der Waals surface area contributed by atoms with E-state index >= 15 is 0 Å². The van der Waals surface area contributed by atoms with Crippen LogP contribution in [0.25, 0.3) is 0 Å². The molecule has 1 aromatic carbocycles. The Labute approximate surface area is 112 Å². The molecule has 0 fully saturated rings. The lowest BCUT2D eigenvalue weighted by molar-refractivity contribution is -0.137. The van der Waals surface area contributed by atoms with Gasteiger partial charge < -0.3 is 0 Å². The number of halogens is 4. The maximum absolute atomic E-state index is 13.4. The average molecular weight is 283 g/mol. The van der Waals surface area contributed by atoms with Gasteiger partial charge in [0.15, 0.2) is 0 Å². The Hall–Kier alpha value is -2.24. The van der Waals surface area contributed by atoms with Crippen molar-refractivity contribution in [1.29, 1.82) is 0 Å². The summed E-state index contributed by atoms with van der Waals surface area (Å²) in [6.45, 7) is 1.54. The van der Waals surface area contributed by atoms with Crippen LogP contribution < -0.4 is 0 Å². The summed E-state index contributed by atoms with van der Waals surface area (Å²) in [6, 6.07) is 5.61. The predicted octanol–water partition coefficient (Wildman–Crippen LogP) is 3.78. The zero-order valence-electron chi connectivity index (χ0n) is 10.3. The standard InChI is InChI=1S/C14H9F4NO/c1-8-2-3-9(6-11(8)15)13(20)12-5-4-10(7-19-12)14(16,17)18/h2-7H,1H3. The van der Waals surface area contributed by atoms with Crippen molar-refractivity contribution >= 4 is 5.78 Å². The van der Waals surface area contributed by atoms with Gasteiger partial charge in [-0.15, -0.1) is 0 Å². The molecule has 0 unspecified atom stereocenters. The van der Waals surface area contributed by atoms with Gasteiger partial charge in [-0.3, -0.25) is 9.78 Å². The van der Waals surface area contributed by atoms with E-state index in [1.165, 1.54) is 12.1 Å². The van der Waals surface area contributed by atoms with Gasteiger partial charge in [0.25, 0.3) is 0 Å². The Morgan fingerprint density at radius 3 is 2.35 bits per heavy atom. The second-order valence-corrected chi connectivity index (χ2v) is 4.22. The van der Waals surface area contributed by atoms with Gasteiger partial charge in [-0.1, -0.05) is 12.1 Å². The van der Waals surface area contributed by atoms with Gasteiger partial charge >= 0.3 is 6.18 Å². The number of nitrogens with zero attached hydrogens (tertiary/aromatic N) is 1. The van der Waals surface area contributed by atoms with E-state index in [0.717, 1.165) is 18.2 Å². The first kappa shape index (κ1) is 14.2. The van der Waals surface area contributed by atoms with Crippen LogP contribution in [0, 0.1) is 12.7 Å². The van der Waals surface area contributed by atoms with E-state index < -0.39 is 23.3 Å². The van der Waals surface area contributed by atoms with Crippen LogP contribution in [-0.2, 0) is 6.18 Å². The number of aromatic nitrogens is 1. The zero-order chi connectivity index (χ0) is 14.9. The monoisotopic (exact) mass is 283 g/mol. The Morgan fingerprint density at radius 1 is 1.15 bits per heavy atom. The molecule has 2 aromatic rings. The summed E-state index contributed by atoms with van der Waals surface area (Å²) in [5.74, 6) is -1.18. The highest BCUT2D eigenvalue weighted by Crippen LogP contribution is 2.28. The van der Waals surface area contributed by atoms with Gasteiger partial charge in [-0.2, -0.15) is 13.2 Å². The van der Waals surface area contributed by atoms with Crippen LogP contribution >= 0.6 is 0 Å². The molecule has 2 nitrogen and oxygen atoms in total. The molecule has 20 heavy (non-hydrogen) atoms. The molecule has 0 saturated carbocycles. The molecule has 0 saturated heterocycles. The number of pyridine rings is 1. The van der Waals surface area contributed by atoms with E-state index in [9.17, 15) is 22.4 Å². The van der Waals surface area contributed by atoms with Crippen molar-refractivity contribution < 1.29 is 22.4 Å². The minimum absolute atomic E-state index is 0.0420. The number of alkyl halides is 3. The maximum Gasteiger partial charge on any atom is 0.417 e. The minimum atomic E-state index is -4.51. The smallest absolute Gasteiger partial charge is 0.287 e. The SMILES string of the molecule is Cc1ccc(C(=O)c2ccc(C(F)(F)F)cn2)cc1F. The molecule has 6 heteroatoms. The third kappa shape index (κ3) is 2.84. The normalized spacial score (nSPS) is 11.4. The molecule has 0 bridgehead atoms. The van der Waals surface area contributed by atoms with Crippen molar-refractivity contribution in [1.82, 2.24) is 4.98 Å². The van der Waals surface area contributed by atoms with Gasteiger partial charge in [-0.25, -0.2) is 4.39 Å². The van der Waals surface area contributed by atoms with Crippen molar-refractivity contribution in [3.63, 3.8) is 0 Å². The number of hydrogen-bond donors (Lipinski definition) is 0. The first-order valence-electron chi connectivity index (χ1n) is 5.63. The van der Waals surface area contributed by atoms with Crippen LogP contribution in [0.3, 0.4) is 0 Å². The van der Waals surface area contributed by atoms with Crippen molar-refractivity contribution in [2.75, 3.05) is 0 Å². The molecule has 0 N–H and O–H groups in total. The highest BCUT2D eigenvalue weighted by Gasteiger charge is 2.31.